The molecule has 1 saturated heterocycles. The highest BCUT2D eigenvalue weighted by Gasteiger charge is 2.19. The number of nitrogens with two attached hydrogens (primary N) is 1. The number of aromatic nitrogens is 1. The number of nitrogen functional groups attached to an aromatic ring is 1. The number of likely N-dealkylation sites (N-methyl/N-ethyl adjacent to an activating group) is 1. The number of carbonyl (C=O) groups excluding carboxylic acids is 1. The lowest BCUT2D eigenvalue weighted by atomic mass is 10.2. The highest BCUT2D eigenvalue weighted by molar-refractivity contribution is 7.11. The van der Waals surface area contributed by atoms with E-state index in [-0.39, 0.29) is 5.91 Å². The maximum absolute atomic E-state index is 11.3. The van der Waals surface area contributed by atoms with Crippen molar-refractivity contribution < 1.29 is 9.53 Å². The molecule has 1 aromatic rings. The van der Waals surface area contributed by atoms with E-state index in [2.05, 4.69) is 22.2 Å². The van der Waals surface area contributed by atoms with E-state index < -0.39 is 0 Å². The van der Waals surface area contributed by atoms with Crippen LogP contribution in [0, 0.1) is 0 Å². The summed E-state index contributed by atoms with van der Waals surface area (Å²) in [6, 6.07) is 0. The Balaban J connectivity index is 1.90. The van der Waals surface area contributed by atoms with Gasteiger partial charge in [0.25, 0.3) is 5.91 Å². The first-order valence-electron chi connectivity index (χ1n) is 6.52. The van der Waals surface area contributed by atoms with Gasteiger partial charge in [-0.25, -0.2) is 10.8 Å². The molecule has 1 amide bonds. The zero-order valence-corrected chi connectivity index (χ0v) is 11.9. The number of amides is 1. The van der Waals surface area contributed by atoms with Crippen LogP contribution in [-0.4, -0.2) is 41.6 Å². The number of hydrogen-bond acceptors (Lipinski definition) is 6. The topological polar surface area (TPSA) is 80.5 Å². The number of hydrogen-bond donors (Lipinski definition) is 2. The quantitative estimate of drug-likeness (QED) is 0.458. The second-order valence-electron chi connectivity index (χ2n) is 4.58. The molecule has 1 aromatic heterocycles. The molecule has 1 fully saturated rings. The van der Waals surface area contributed by atoms with Crippen LogP contribution in [0.5, 0.6) is 0 Å². The zero-order valence-electron chi connectivity index (χ0n) is 11.1. The first-order valence-corrected chi connectivity index (χ1v) is 7.40. The Bertz CT molecular complexity index is 418. The van der Waals surface area contributed by atoms with E-state index in [1.54, 1.807) is 0 Å². The molecule has 2 rings (SSSR count). The Morgan fingerprint density at radius 2 is 2.58 bits per heavy atom. The molecule has 1 aliphatic rings. The lowest BCUT2D eigenvalue weighted by Gasteiger charge is -2.22. The van der Waals surface area contributed by atoms with Crippen molar-refractivity contribution in [2.45, 2.75) is 32.4 Å². The van der Waals surface area contributed by atoms with Gasteiger partial charge in [-0.3, -0.25) is 15.1 Å². The summed E-state index contributed by atoms with van der Waals surface area (Å²) in [7, 11) is 0. The standard InChI is InChI=1S/C12H20N4O2S/c1-2-16(7-10-4-3-5-18-10)6-9-8-19-12(14-9)11(17)15-13/h8,10H,2-7,13H2,1H3,(H,15,17). The molecule has 3 N–H and O–H groups in total. The number of nitrogens with zero attached hydrogens (tertiary/aromatic N) is 2. The second-order valence-corrected chi connectivity index (χ2v) is 5.44. The third kappa shape index (κ3) is 3.97. The minimum absolute atomic E-state index is 0.335. The largest absolute Gasteiger partial charge is 0.377 e. The Hall–Kier alpha value is -1.02. The van der Waals surface area contributed by atoms with Crippen LogP contribution < -0.4 is 11.3 Å². The first kappa shape index (κ1) is 14.4. The normalized spacial score (nSPS) is 19.0. The van der Waals surface area contributed by atoms with Gasteiger partial charge in [0.2, 0.25) is 0 Å². The highest BCUT2D eigenvalue weighted by Crippen LogP contribution is 2.16. The van der Waals surface area contributed by atoms with E-state index in [1.165, 1.54) is 11.3 Å². The molecule has 6 nitrogen and oxygen atoms in total. The van der Waals surface area contributed by atoms with Crippen LogP contribution >= 0.6 is 11.3 Å². The van der Waals surface area contributed by atoms with Crippen molar-refractivity contribution in [1.82, 2.24) is 15.3 Å². The van der Waals surface area contributed by atoms with Gasteiger partial charge in [-0.1, -0.05) is 6.92 Å². The van der Waals surface area contributed by atoms with Crippen LogP contribution in [0.25, 0.3) is 0 Å². The number of carbonyl (C=O) groups is 1. The van der Waals surface area contributed by atoms with Gasteiger partial charge in [0.05, 0.1) is 11.8 Å². The van der Waals surface area contributed by atoms with Crippen molar-refractivity contribution >= 4 is 17.2 Å². The predicted molar refractivity (Wildman–Crippen MR) is 73.7 cm³/mol. The van der Waals surface area contributed by atoms with Gasteiger partial charge in [0.15, 0.2) is 5.01 Å². The summed E-state index contributed by atoms with van der Waals surface area (Å²) in [5.74, 6) is 4.76. The van der Waals surface area contributed by atoms with E-state index in [1.807, 2.05) is 5.38 Å². The number of thiazole rings is 1. The molecular formula is C12H20N4O2S. The summed E-state index contributed by atoms with van der Waals surface area (Å²) in [4.78, 5) is 17.9. The summed E-state index contributed by atoms with van der Waals surface area (Å²) in [5, 5.41) is 2.31. The molecule has 0 bridgehead atoms. The van der Waals surface area contributed by atoms with Crippen LogP contribution in [0.15, 0.2) is 5.38 Å². The van der Waals surface area contributed by atoms with Crippen molar-refractivity contribution in [2.24, 2.45) is 5.84 Å². The summed E-state index contributed by atoms with van der Waals surface area (Å²) in [6.07, 6.45) is 2.62. The van der Waals surface area contributed by atoms with Crippen LogP contribution in [0.1, 0.15) is 35.3 Å². The Morgan fingerprint density at radius 1 is 1.74 bits per heavy atom. The third-order valence-electron chi connectivity index (χ3n) is 3.20. The zero-order chi connectivity index (χ0) is 13.7. The molecule has 1 aliphatic heterocycles. The maximum atomic E-state index is 11.3. The molecule has 2 heterocycles. The average molecular weight is 284 g/mol. The van der Waals surface area contributed by atoms with Gasteiger partial charge in [0.1, 0.15) is 0 Å². The number of hydrazine groups is 1. The fourth-order valence-corrected chi connectivity index (χ4v) is 2.87. The molecule has 0 saturated carbocycles. The number of nitrogens with one attached hydrogen (secondary N) is 1. The van der Waals surface area contributed by atoms with E-state index in [4.69, 9.17) is 10.6 Å². The van der Waals surface area contributed by atoms with Crippen molar-refractivity contribution in [3.8, 4) is 0 Å². The Kier molecular flexibility index (Phi) is 5.26. The van der Waals surface area contributed by atoms with Gasteiger partial charge in [-0.05, 0) is 19.4 Å². The lowest BCUT2D eigenvalue weighted by molar-refractivity contribution is 0.0721. The maximum Gasteiger partial charge on any atom is 0.294 e. The number of ether oxygens (including phenoxy) is 1. The van der Waals surface area contributed by atoms with Crippen LogP contribution in [-0.2, 0) is 11.3 Å². The molecule has 1 unspecified atom stereocenters. The van der Waals surface area contributed by atoms with Gasteiger partial charge in [-0.15, -0.1) is 11.3 Å². The SMILES string of the molecule is CCN(Cc1csc(C(=O)NN)n1)CC1CCCO1. The molecule has 0 spiro atoms. The fourth-order valence-electron chi connectivity index (χ4n) is 2.16. The Morgan fingerprint density at radius 3 is 3.21 bits per heavy atom. The summed E-state index contributed by atoms with van der Waals surface area (Å²) in [5.41, 5.74) is 3.00. The molecule has 7 heteroatoms. The Labute approximate surface area is 116 Å². The summed E-state index contributed by atoms with van der Waals surface area (Å²) >= 11 is 1.32. The fraction of sp³-hybridized carbons (Fsp3) is 0.667. The van der Waals surface area contributed by atoms with Crippen LogP contribution in [0.3, 0.4) is 0 Å². The summed E-state index contributed by atoms with van der Waals surface area (Å²) < 4.78 is 5.64. The average Bonchev–Trinajstić information content (AvgIpc) is 3.08. The third-order valence-corrected chi connectivity index (χ3v) is 4.09. The minimum atomic E-state index is -0.335. The summed E-state index contributed by atoms with van der Waals surface area (Å²) in [6.45, 7) is 5.60. The lowest BCUT2D eigenvalue weighted by Crippen LogP contribution is -2.32. The molecule has 0 aliphatic carbocycles. The van der Waals surface area contributed by atoms with E-state index in [9.17, 15) is 4.79 Å². The predicted octanol–water partition coefficient (Wildman–Crippen LogP) is 0.747. The smallest absolute Gasteiger partial charge is 0.294 e. The van der Waals surface area contributed by atoms with Gasteiger partial charge < -0.3 is 4.74 Å². The highest BCUT2D eigenvalue weighted by atomic mass is 32.1. The van der Waals surface area contributed by atoms with Crippen molar-refractivity contribution in [2.75, 3.05) is 19.7 Å². The minimum Gasteiger partial charge on any atom is -0.377 e. The second kappa shape index (κ2) is 6.95. The van der Waals surface area contributed by atoms with Crippen molar-refractivity contribution in [1.29, 1.82) is 0 Å². The van der Waals surface area contributed by atoms with Crippen molar-refractivity contribution in [3.63, 3.8) is 0 Å². The van der Waals surface area contributed by atoms with E-state index in [0.717, 1.165) is 44.8 Å². The molecular weight excluding hydrogens is 264 g/mol. The van der Waals surface area contributed by atoms with Crippen molar-refractivity contribution in [3.05, 3.63) is 16.1 Å². The molecule has 0 radical (unpaired) electrons. The van der Waals surface area contributed by atoms with Crippen LogP contribution in [0.4, 0.5) is 0 Å². The van der Waals surface area contributed by atoms with Crippen LogP contribution in [0.2, 0.25) is 0 Å². The van der Waals surface area contributed by atoms with E-state index >= 15 is 0 Å². The van der Waals surface area contributed by atoms with Gasteiger partial charge in [-0.2, -0.15) is 0 Å². The van der Waals surface area contributed by atoms with Gasteiger partial charge in [0, 0.05) is 25.1 Å². The molecule has 106 valence electrons. The molecule has 19 heavy (non-hydrogen) atoms. The van der Waals surface area contributed by atoms with Gasteiger partial charge >= 0.3 is 0 Å². The molecule has 1 atom stereocenters. The van der Waals surface area contributed by atoms with E-state index in [0.29, 0.717) is 11.1 Å². The first-order chi connectivity index (χ1) is 9.22. The molecule has 0 aromatic carbocycles. The number of rotatable bonds is 6. The monoisotopic (exact) mass is 284 g/mol.